The van der Waals surface area contributed by atoms with Crippen LogP contribution in [0.5, 0.6) is 0 Å². The summed E-state index contributed by atoms with van der Waals surface area (Å²) in [6.07, 6.45) is 0. The molecule has 0 amide bonds. The van der Waals surface area contributed by atoms with Gasteiger partial charge in [-0.25, -0.2) is 4.79 Å². The molecule has 0 spiro atoms. The summed E-state index contributed by atoms with van der Waals surface area (Å²) in [4.78, 5) is 49.8. The zero-order chi connectivity index (χ0) is 21.3. The van der Waals surface area contributed by atoms with Crippen molar-refractivity contribution < 1.29 is 23.9 Å². The second kappa shape index (κ2) is 7.70. The van der Waals surface area contributed by atoms with Crippen LogP contribution in [0, 0.1) is 11.3 Å². The standard InChI is InChI=1S/C21H13ClN2O5/c1-10(24)15(8-23)16(25)9-29-21(28)14-7-6-13-17(18(14)22)20(27)12-5-3-2-4-11(12)19(13)26/h2-7H,9,24H2,1H3/b15-10-. The molecule has 7 nitrogen and oxygen atoms in total. The van der Waals surface area contributed by atoms with Crippen molar-refractivity contribution in [1.29, 1.82) is 5.26 Å². The van der Waals surface area contributed by atoms with Crippen molar-refractivity contribution >= 4 is 34.9 Å². The predicted octanol–water partition coefficient (Wildman–Crippen LogP) is 2.60. The third-order valence-corrected chi connectivity index (χ3v) is 4.76. The summed E-state index contributed by atoms with van der Waals surface area (Å²) < 4.78 is 4.92. The Balaban J connectivity index is 1.92. The highest BCUT2D eigenvalue weighted by atomic mass is 35.5. The van der Waals surface area contributed by atoms with Gasteiger partial charge in [-0.15, -0.1) is 0 Å². The summed E-state index contributed by atoms with van der Waals surface area (Å²) in [5.74, 6) is -2.61. The highest BCUT2D eigenvalue weighted by Crippen LogP contribution is 2.34. The largest absolute Gasteiger partial charge is 0.454 e. The molecule has 0 saturated heterocycles. The molecular weight excluding hydrogens is 396 g/mol. The monoisotopic (exact) mass is 408 g/mol. The number of hydrogen-bond acceptors (Lipinski definition) is 7. The third kappa shape index (κ3) is 3.42. The first-order valence-corrected chi connectivity index (χ1v) is 8.73. The number of carbonyl (C=O) groups excluding carboxylic acids is 4. The fourth-order valence-corrected chi connectivity index (χ4v) is 3.28. The molecule has 2 aromatic carbocycles. The fourth-order valence-electron chi connectivity index (χ4n) is 2.96. The van der Waals surface area contributed by atoms with Gasteiger partial charge in [-0.05, 0) is 19.1 Å². The van der Waals surface area contributed by atoms with Gasteiger partial charge in [0.25, 0.3) is 0 Å². The number of halogens is 1. The minimum atomic E-state index is -0.975. The number of fused-ring (bicyclic) bond motifs is 2. The maximum Gasteiger partial charge on any atom is 0.340 e. The topological polar surface area (TPSA) is 127 Å². The summed E-state index contributed by atoms with van der Waals surface area (Å²) in [6.45, 7) is 0.651. The van der Waals surface area contributed by atoms with Crippen LogP contribution < -0.4 is 5.73 Å². The number of ether oxygens (including phenoxy) is 1. The Kier molecular flexibility index (Phi) is 5.31. The van der Waals surface area contributed by atoms with E-state index in [1.807, 2.05) is 0 Å². The van der Waals surface area contributed by atoms with E-state index in [-0.39, 0.29) is 49.9 Å². The molecule has 29 heavy (non-hydrogen) atoms. The molecule has 2 aromatic rings. The van der Waals surface area contributed by atoms with E-state index in [2.05, 4.69) is 0 Å². The number of Topliss-reactive ketones (excluding diaryl/α,β-unsaturated/α-hetero) is 1. The van der Waals surface area contributed by atoms with Crippen molar-refractivity contribution in [2.75, 3.05) is 6.61 Å². The highest BCUT2D eigenvalue weighted by Gasteiger charge is 2.33. The smallest absolute Gasteiger partial charge is 0.340 e. The lowest BCUT2D eigenvalue weighted by molar-refractivity contribution is -0.118. The maximum absolute atomic E-state index is 12.8. The zero-order valence-electron chi connectivity index (χ0n) is 15.1. The predicted molar refractivity (Wildman–Crippen MR) is 103 cm³/mol. The van der Waals surface area contributed by atoms with Crippen LogP contribution in [0.3, 0.4) is 0 Å². The Hall–Kier alpha value is -3.76. The van der Waals surface area contributed by atoms with Crippen molar-refractivity contribution in [1.82, 2.24) is 0 Å². The first kappa shape index (κ1) is 20.0. The second-order valence-corrected chi connectivity index (χ2v) is 6.60. The van der Waals surface area contributed by atoms with Crippen LogP contribution in [0.2, 0.25) is 5.02 Å². The minimum Gasteiger partial charge on any atom is -0.454 e. The molecule has 1 aliphatic rings. The summed E-state index contributed by atoms with van der Waals surface area (Å²) in [5, 5.41) is 8.68. The Labute approximate surface area is 170 Å². The van der Waals surface area contributed by atoms with Crippen LogP contribution in [0.4, 0.5) is 0 Å². The maximum atomic E-state index is 12.8. The number of nitrogens with zero attached hydrogens (tertiary/aromatic N) is 1. The minimum absolute atomic E-state index is 0.00290. The highest BCUT2D eigenvalue weighted by molar-refractivity contribution is 6.41. The Morgan fingerprint density at radius 1 is 1.07 bits per heavy atom. The number of ketones is 3. The molecule has 0 bridgehead atoms. The summed E-state index contributed by atoms with van der Waals surface area (Å²) >= 11 is 6.26. The van der Waals surface area contributed by atoms with Crippen molar-refractivity contribution in [3.8, 4) is 6.07 Å². The van der Waals surface area contributed by atoms with Crippen LogP contribution in [-0.2, 0) is 9.53 Å². The first-order valence-electron chi connectivity index (χ1n) is 8.35. The van der Waals surface area contributed by atoms with Crippen molar-refractivity contribution in [2.45, 2.75) is 6.92 Å². The molecule has 0 saturated carbocycles. The van der Waals surface area contributed by atoms with Gasteiger partial charge in [0.2, 0.25) is 5.78 Å². The number of esters is 1. The van der Waals surface area contributed by atoms with Gasteiger partial charge in [0.15, 0.2) is 18.2 Å². The number of rotatable bonds is 4. The van der Waals surface area contributed by atoms with E-state index in [0.29, 0.717) is 0 Å². The summed E-state index contributed by atoms with van der Waals surface area (Å²) in [7, 11) is 0. The van der Waals surface area contributed by atoms with E-state index in [0.717, 1.165) is 0 Å². The molecule has 0 heterocycles. The van der Waals surface area contributed by atoms with E-state index < -0.39 is 24.1 Å². The fraction of sp³-hybridized carbons (Fsp3) is 0.0952. The van der Waals surface area contributed by atoms with Crippen LogP contribution >= 0.6 is 11.6 Å². The Morgan fingerprint density at radius 2 is 1.69 bits per heavy atom. The SMILES string of the molecule is C/C(N)=C(\C#N)C(=O)COC(=O)c1ccc2c(c1Cl)C(=O)c1ccccc1C2=O. The van der Waals surface area contributed by atoms with Gasteiger partial charge in [0, 0.05) is 22.4 Å². The Morgan fingerprint density at radius 3 is 2.28 bits per heavy atom. The van der Waals surface area contributed by atoms with Gasteiger partial charge in [-0.2, -0.15) is 5.26 Å². The van der Waals surface area contributed by atoms with E-state index in [1.54, 1.807) is 24.3 Å². The molecule has 3 rings (SSSR count). The number of allylic oxidation sites excluding steroid dienone is 1. The summed E-state index contributed by atoms with van der Waals surface area (Å²) in [5.41, 5.74) is 5.39. The third-order valence-electron chi connectivity index (χ3n) is 4.37. The molecule has 0 radical (unpaired) electrons. The molecule has 0 unspecified atom stereocenters. The van der Waals surface area contributed by atoms with Gasteiger partial charge in [0.05, 0.1) is 16.1 Å². The average molecular weight is 409 g/mol. The molecule has 144 valence electrons. The van der Waals surface area contributed by atoms with Gasteiger partial charge < -0.3 is 10.5 Å². The van der Waals surface area contributed by atoms with Crippen LogP contribution in [0.1, 0.15) is 49.1 Å². The lowest BCUT2D eigenvalue weighted by Gasteiger charge is -2.19. The zero-order valence-corrected chi connectivity index (χ0v) is 15.9. The number of carbonyl (C=O) groups is 4. The molecule has 0 atom stereocenters. The quantitative estimate of drug-likeness (QED) is 0.399. The lowest BCUT2D eigenvalue weighted by Crippen LogP contribution is -2.23. The second-order valence-electron chi connectivity index (χ2n) is 6.22. The van der Waals surface area contributed by atoms with E-state index in [1.165, 1.54) is 25.1 Å². The Bertz CT molecular complexity index is 1170. The van der Waals surface area contributed by atoms with E-state index in [9.17, 15) is 19.2 Å². The number of hydrogen-bond donors (Lipinski definition) is 1. The van der Waals surface area contributed by atoms with Crippen molar-refractivity contribution in [3.05, 3.63) is 80.5 Å². The first-order chi connectivity index (χ1) is 13.8. The van der Waals surface area contributed by atoms with Crippen LogP contribution in [0.15, 0.2) is 47.7 Å². The normalized spacial score (nSPS) is 13.0. The molecule has 0 aliphatic heterocycles. The van der Waals surface area contributed by atoms with E-state index in [4.69, 9.17) is 27.3 Å². The number of nitrogens with two attached hydrogens (primary N) is 1. The van der Waals surface area contributed by atoms with Crippen molar-refractivity contribution in [2.24, 2.45) is 5.73 Å². The van der Waals surface area contributed by atoms with E-state index >= 15 is 0 Å². The molecule has 0 aromatic heterocycles. The lowest BCUT2D eigenvalue weighted by atomic mass is 9.83. The van der Waals surface area contributed by atoms with Gasteiger partial charge in [0.1, 0.15) is 11.6 Å². The molecular formula is C21H13ClN2O5. The van der Waals surface area contributed by atoms with Crippen LogP contribution in [0.25, 0.3) is 0 Å². The van der Waals surface area contributed by atoms with Crippen molar-refractivity contribution in [3.63, 3.8) is 0 Å². The number of nitriles is 1. The molecule has 1 aliphatic carbocycles. The van der Waals surface area contributed by atoms with Gasteiger partial charge >= 0.3 is 5.97 Å². The van der Waals surface area contributed by atoms with Crippen LogP contribution in [-0.4, -0.2) is 29.9 Å². The van der Waals surface area contributed by atoms with Gasteiger partial charge in [-0.3, -0.25) is 14.4 Å². The number of benzene rings is 2. The summed E-state index contributed by atoms with van der Waals surface area (Å²) in [6, 6.07) is 10.5. The van der Waals surface area contributed by atoms with Gasteiger partial charge in [-0.1, -0.05) is 35.9 Å². The molecule has 8 heteroatoms. The molecule has 0 fully saturated rings. The molecule has 2 N–H and O–H groups in total. The average Bonchev–Trinajstić information content (AvgIpc) is 2.70.